The molecular formula is C18H16BrNO4. The maximum Gasteiger partial charge on any atom is 0.299 e. The summed E-state index contributed by atoms with van der Waals surface area (Å²) < 4.78 is 11.6. The molecule has 1 aliphatic heterocycles. The average Bonchev–Trinajstić information content (AvgIpc) is 2.81. The normalized spacial score (nSPS) is 13.2. The van der Waals surface area contributed by atoms with Crippen molar-refractivity contribution in [1.82, 2.24) is 0 Å². The molecule has 0 bridgehead atoms. The summed E-state index contributed by atoms with van der Waals surface area (Å²) in [6.07, 6.45) is 0. The fourth-order valence-electron chi connectivity index (χ4n) is 2.70. The summed E-state index contributed by atoms with van der Waals surface area (Å²) >= 11 is 3.33. The van der Waals surface area contributed by atoms with Crippen LogP contribution in [-0.4, -0.2) is 25.4 Å². The van der Waals surface area contributed by atoms with Gasteiger partial charge in [0, 0.05) is 4.47 Å². The van der Waals surface area contributed by atoms with E-state index in [-0.39, 0.29) is 0 Å². The van der Waals surface area contributed by atoms with Crippen LogP contribution in [0.5, 0.6) is 11.5 Å². The first-order valence-corrected chi connectivity index (χ1v) is 8.30. The standard InChI is InChI=1S/C18H16BrNO4/c1-3-24-15-7-4-11(8-16(15)23-2)10-20-14-6-5-12(19)9-13(14)17(21)18(20)22/h4-9H,3,10H2,1-2H3. The number of rotatable bonds is 5. The van der Waals surface area contributed by atoms with Crippen LogP contribution in [0.4, 0.5) is 5.69 Å². The van der Waals surface area contributed by atoms with Gasteiger partial charge in [-0.15, -0.1) is 0 Å². The zero-order valence-corrected chi connectivity index (χ0v) is 14.9. The summed E-state index contributed by atoms with van der Waals surface area (Å²) in [7, 11) is 1.57. The van der Waals surface area contributed by atoms with E-state index in [9.17, 15) is 9.59 Å². The summed E-state index contributed by atoms with van der Waals surface area (Å²) in [4.78, 5) is 25.9. The number of ether oxygens (including phenoxy) is 2. The highest BCUT2D eigenvalue weighted by molar-refractivity contribution is 9.10. The Balaban J connectivity index is 1.92. The molecule has 24 heavy (non-hydrogen) atoms. The van der Waals surface area contributed by atoms with Crippen LogP contribution in [-0.2, 0) is 11.3 Å². The van der Waals surface area contributed by atoms with Gasteiger partial charge in [0.05, 0.1) is 31.5 Å². The van der Waals surface area contributed by atoms with Gasteiger partial charge in [-0.2, -0.15) is 0 Å². The smallest absolute Gasteiger partial charge is 0.299 e. The number of carbonyl (C=O) groups is 2. The Morgan fingerprint density at radius 2 is 1.88 bits per heavy atom. The fraction of sp³-hybridized carbons (Fsp3) is 0.222. The van der Waals surface area contributed by atoms with Crippen molar-refractivity contribution in [2.75, 3.05) is 18.6 Å². The van der Waals surface area contributed by atoms with Gasteiger partial charge in [-0.3, -0.25) is 9.59 Å². The number of Topliss-reactive ketones (excluding diaryl/α,β-unsaturated/α-hetero) is 1. The van der Waals surface area contributed by atoms with Gasteiger partial charge >= 0.3 is 0 Å². The molecule has 0 atom stereocenters. The molecule has 0 spiro atoms. The number of anilines is 1. The first kappa shape index (κ1) is 16.5. The predicted molar refractivity (Wildman–Crippen MR) is 93.8 cm³/mol. The Morgan fingerprint density at radius 1 is 1.08 bits per heavy atom. The Morgan fingerprint density at radius 3 is 2.58 bits per heavy atom. The fourth-order valence-corrected chi connectivity index (χ4v) is 3.06. The number of ketones is 1. The molecule has 0 radical (unpaired) electrons. The summed E-state index contributed by atoms with van der Waals surface area (Å²) in [6, 6.07) is 10.8. The van der Waals surface area contributed by atoms with E-state index in [2.05, 4.69) is 15.9 Å². The second kappa shape index (κ2) is 6.65. The van der Waals surface area contributed by atoms with Gasteiger partial charge < -0.3 is 14.4 Å². The molecular weight excluding hydrogens is 374 g/mol. The minimum Gasteiger partial charge on any atom is -0.493 e. The second-order valence-electron chi connectivity index (χ2n) is 5.30. The number of methoxy groups -OCH3 is 1. The Hall–Kier alpha value is -2.34. The third-order valence-electron chi connectivity index (χ3n) is 3.80. The van der Waals surface area contributed by atoms with Crippen molar-refractivity contribution >= 4 is 33.3 Å². The van der Waals surface area contributed by atoms with Crippen LogP contribution < -0.4 is 14.4 Å². The van der Waals surface area contributed by atoms with Gasteiger partial charge in [0.15, 0.2) is 11.5 Å². The number of fused-ring (bicyclic) bond motifs is 1. The quantitative estimate of drug-likeness (QED) is 0.733. The van der Waals surface area contributed by atoms with E-state index in [1.807, 2.05) is 31.2 Å². The SMILES string of the molecule is CCOc1ccc(CN2C(=O)C(=O)c3cc(Br)ccc32)cc1OC. The van der Waals surface area contributed by atoms with Crippen molar-refractivity contribution in [3.8, 4) is 11.5 Å². The third-order valence-corrected chi connectivity index (χ3v) is 4.30. The van der Waals surface area contributed by atoms with E-state index < -0.39 is 11.7 Å². The van der Waals surface area contributed by atoms with Gasteiger partial charge in [0.25, 0.3) is 11.7 Å². The number of hydrogen-bond acceptors (Lipinski definition) is 4. The van der Waals surface area contributed by atoms with Crippen LogP contribution in [0.25, 0.3) is 0 Å². The lowest BCUT2D eigenvalue weighted by Crippen LogP contribution is -2.29. The molecule has 5 nitrogen and oxygen atoms in total. The van der Waals surface area contributed by atoms with E-state index >= 15 is 0 Å². The molecule has 0 aliphatic carbocycles. The average molecular weight is 390 g/mol. The largest absolute Gasteiger partial charge is 0.493 e. The van der Waals surface area contributed by atoms with Crippen LogP contribution in [0.15, 0.2) is 40.9 Å². The molecule has 0 unspecified atom stereocenters. The number of nitrogens with zero attached hydrogens (tertiary/aromatic N) is 1. The maximum atomic E-state index is 12.3. The molecule has 0 N–H and O–H groups in total. The maximum absolute atomic E-state index is 12.3. The number of carbonyl (C=O) groups excluding carboxylic acids is 2. The molecule has 0 saturated heterocycles. The minimum absolute atomic E-state index is 0.294. The van der Waals surface area contributed by atoms with Crippen molar-refractivity contribution in [3.05, 3.63) is 52.0 Å². The second-order valence-corrected chi connectivity index (χ2v) is 6.22. The summed E-state index contributed by atoms with van der Waals surface area (Å²) in [5.74, 6) is 0.250. The number of amides is 1. The van der Waals surface area contributed by atoms with Crippen LogP contribution in [0.2, 0.25) is 0 Å². The van der Waals surface area contributed by atoms with Crippen molar-refractivity contribution in [2.24, 2.45) is 0 Å². The number of benzene rings is 2. The topological polar surface area (TPSA) is 55.8 Å². The highest BCUT2D eigenvalue weighted by atomic mass is 79.9. The van der Waals surface area contributed by atoms with Gasteiger partial charge in [-0.05, 0) is 42.8 Å². The van der Waals surface area contributed by atoms with Gasteiger partial charge in [0.2, 0.25) is 0 Å². The van der Waals surface area contributed by atoms with E-state index in [0.29, 0.717) is 35.9 Å². The van der Waals surface area contributed by atoms with E-state index in [1.165, 1.54) is 4.90 Å². The van der Waals surface area contributed by atoms with E-state index in [4.69, 9.17) is 9.47 Å². The zero-order chi connectivity index (χ0) is 17.3. The van der Waals surface area contributed by atoms with Crippen LogP contribution in [0.3, 0.4) is 0 Å². The molecule has 124 valence electrons. The molecule has 0 aromatic heterocycles. The molecule has 2 aromatic rings. The monoisotopic (exact) mass is 389 g/mol. The minimum atomic E-state index is -0.518. The molecule has 0 saturated carbocycles. The van der Waals surface area contributed by atoms with E-state index in [0.717, 1.165) is 10.0 Å². The van der Waals surface area contributed by atoms with Gasteiger partial charge in [-0.25, -0.2) is 0 Å². The highest BCUT2D eigenvalue weighted by Crippen LogP contribution is 2.34. The lowest BCUT2D eigenvalue weighted by atomic mass is 10.1. The molecule has 6 heteroatoms. The predicted octanol–water partition coefficient (Wildman–Crippen LogP) is 3.59. The Labute approximate surface area is 148 Å². The molecule has 1 heterocycles. The Kier molecular flexibility index (Phi) is 4.57. The summed E-state index contributed by atoms with van der Waals surface area (Å²) in [5, 5.41) is 0. The Bertz CT molecular complexity index is 819. The highest BCUT2D eigenvalue weighted by Gasteiger charge is 2.35. The van der Waals surface area contributed by atoms with Crippen LogP contribution in [0, 0.1) is 0 Å². The van der Waals surface area contributed by atoms with Gasteiger partial charge in [-0.1, -0.05) is 22.0 Å². The molecule has 0 fully saturated rings. The summed E-state index contributed by atoms with van der Waals surface area (Å²) in [6.45, 7) is 2.73. The van der Waals surface area contributed by atoms with Crippen molar-refractivity contribution in [2.45, 2.75) is 13.5 Å². The molecule has 1 aliphatic rings. The van der Waals surface area contributed by atoms with Crippen molar-refractivity contribution in [3.63, 3.8) is 0 Å². The van der Waals surface area contributed by atoms with Gasteiger partial charge in [0.1, 0.15) is 0 Å². The first-order chi connectivity index (χ1) is 11.5. The third kappa shape index (κ3) is 2.89. The zero-order valence-electron chi connectivity index (χ0n) is 13.3. The first-order valence-electron chi connectivity index (χ1n) is 7.50. The van der Waals surface area contributed by atoms with Crippen molar-refractivity contribution in [1.29, 1.82) is 0 Å². The van der Waals surface area contributed by atoms with Crippen molar-refractivity contribution < 1.29 is 19.1 Å². The van der Waals surface area contributed by atoms with E-state index in [1.54, 1.807) is 19.2 Å². The van der Waals surface area contributed by atoms with Crippen LogP contribution >= 0.6 is 15.9 Å². The molecule has 1 amide bonds. The molecule has 3 rings (SSSR count). The summed E-state index contributed by atoms with van der Waals surface area (Å²) in [5.41, 5.74) is 1.90. The number of halogens is 1. The van der Waals surface area contributed by atoms with Crippen LogP contribution in [0.1, 0.15) is 22.8 Å². The lowest BCUT2D eigenvalue weighted by molar-refractivity contribution is -0.114. The lowest BCUT2D eigenvalue weighted by Gasteiger charge is -2.18. The molecule has 2 aromatic carbocycles. The number of hydrogen-bond donors (Lipinski definition) is 0.